The van der Waals surface area contributed by atoms with E-state index in [1.807, 2.05) is 23.7 Å². The molecule has 2 aliphatic heterocycles. The number of aromatic nitrogens is 4. The quantitative estimate of drug-likeness (QED) is 0.600. The second-order valence-corrected chi connectivity index (χ2v) is 9.32. The molecule has 1 atom stereocenters. The molecule has 2 N–H and O–H groups in total. The highest BCUT2D eigenvalue weighted by molar-refractivity contribution is 5.85. The Balaban J connectivity index is 1.54. The molecule has 2 fully saturated rings. The number of ether oxygens (including phenoxy) is 2. The van der Waals surface area contributed by atoms with Crippen molar-refractivity contribution in [1.82, 2.24) is 24.6 Å². The number of nitrogens with two attached hydrogens (primary N) is 1. The predicted molar refractivity (Wildman–Crippen MR) is 125 cm³/mol. The zero-order valence-electron chi connectivity index (χ0n) is 19.8. The average Bonchev–Trinajstić information content (AvgIpc) is 3.45. The van der Waals surface area contributed by atoms with Crippen LogP contribution >= 0.6 is 0 Å². The summed E-state index contributed by atoms with van der Waals surface area (Å²) < 4.78 is 20.3. The summed E-state index contributed by atoms with van der Waals surface area (Å²) in [6, 6.07) is 4.27. The maximum Gasteiger partial charge on any atom is 0.229 e. The number of aryl methyl sites for hydroxylation is 1. The van der Waals surface area contributed by atoms with Crippen LogP contribution in [0.2, 0.25) is 0 Å². The van der Waals surface area contributed by atoms with Gasteiger partial charge in [-0.1, -0.05) is 0 Å². The lowest BCUT2D eigenvalue weighted by atomic mass is 10.1. The number of piperidine rings is 1. The SMILES string of the molecule is Cc1nn(C2CCCCO2)c2nc(-c3ccc(CN)o3)nc(OC3CCN(C(C)C)CC3)c12. The van der Waals surface area contributed by atoms with Crippen LogP contribution in [-0.4, -0.2) is 56.5 Å². The zero-order valence-corrected chi connectivity index (χ0v) is 19.8. The Kier molecular flexibility index (Phi) is 6.36. The maximum atomic E-state index is 6.54. The smallest absolute Gasteiger partial charge is 0.229 e. The summed E-state index contributed by atoms with van der Waals surface area (Å²) in [4.78, 5) is 12.2. The molecule has 0 bridgehead atoms. The summed E-state index contributed by atoms with van der Waals surface area (Å²) in [5.41, 5.74) is 7.32. The van der Waals surface area contributed by atoms with Gasteiger partial charge in [-0.15, -0.1) is 0 Å². The first kappa shape index (κ1) is 22.3. The Morgan fingerprint density at radius 1 is 1.15 bits per heavy atom. The van der Waals surface area contributed by atoms with Crippen LogP contribution in [0.4, 0.5) is 0 Å². The first-order valence-corrected chi connectivity index (χ1v) is 12.1. The Hall–Kier alpha value is -2.49. The standard InChI is InChI=1S/C24H34N6O3/c1-15(2)29-11-9-17(10-12-29)33-24-21-16(3)28-30(20-6-4-5-13-31-20)23(21)26-22(27-24)19-8-7-18(14-25)32-19/h7-8,15,17,20H,4-6,9-14,25H2,1-3H3. The number of hydrogen-bond acceptors (Lipinski definition) is 8. The Labute approximate surface area is 194 Å². The fourth-order valence-corrected chi connectivity index (χ4v) is 4.76. The second-order valence-electron chi connectivity index (χ2n) is 9.32. The van der Waals surface area contributed by atoms with Gasteiger partial charge in [-0.25, -0.2) is 9.67 Å². The average molecular weight is 455 g/mol. The minimum absolute atomic E-state index is 0.107. The molecule has 178 valence electrons. The van der Waals surface area contributed by atoms with Crippen molar-refractivity contribution in [3.63, 3.8) is 0 Å². The van der Waals surface area contributed by atoms with Crippen LogP contribution in [0.5, 0.6) is 5.88 Å². The summed E-state index contributed by atoms with van der Waals surface area (Å²) in [5.74, 6) is 2.32. The van der Waals surface area contributed by atoms with E-state index in [9.17, 15) is 0 Å². The van der Waals surface area contributed by atoms with Gasteiger partial charge in [0.25, 0.3) is 0 Å². The topological polar surface area (TPSA) is 104 Å². The van der Waals surface area contributed by atoms with E-state index < -0.39 is 0 Å². The first-order chi connectivity index (χ1) is 16.0. The third-order valence-electron chi connectivity index (χ3n) is 6.69. The van der Waals surface area contributed by atoms with Gasteiger partial charge in [0.2, 0.25) is 11.7 Å². The van der Waals surface area contributed by atoms with Crippen LogP contribution < -0.4 is 10.5 Å². The molecule has 9 heteroatoms. The molecule has 0 spiro atoms. The molecular formula is C24H34N6O3. The van der Waals surface area contributed by atoms with Crippen molar-refractivity contribution in [2.45, 2.75) is 77.8 Å². The fraction of sp³-hybridized carbons (Fsp3) is 0.625. The van der Waals surface area contributed by atoms with Crippen molar-refractivity contribution >= 4 is 11.0 Å². The maximum absolute atomic E-state index is 6.54. The number of likely N-dealkylation sites (tertiary alicyclic amines) is 1. The van der Waals surface area contributed by atoms with Crippen molar-refractivity contribution in [2.75, 3.05) is 19.7 Å². The van der Waals surface area contributed by atoms with E-state index >= 15 is 0 Å². The summed E-state index contributed by atoms with van der Waals surface area (Å²) in [6.45, 7) is 9.58. The van der Waals surface area contributed by atoms with Gasteiger partial charge in [-0.2, -0.15) is 10.1 Å². The molecular weight excluding hydrogens is 420 g/mol. The number of rotatable bonds is 6. The number of hydrogen-bond donors (Lipinski definition) is 1. The van der Waals surface area contributed by atoms with E-state index in [-0.39, 0.29) is 12.3 Å². The molecule has 3 aromatic heterocycles. The van der Waals surface area contributed by atoms with Crippen molar-refractivity contribution in [3.8, 4) is 17.5 Å². The van der Waals surface area contributed by atoms with E-state index in [0.29, 0.717) is 35.8 Å². The summed E-state index contributed by atoms with van der Waals surface area (Å²) in [5, 5.41) is 5.66. The van der Waals surface area contributed by atoms with E-state index in [4.69, 9.17) is 34.7 Å². The summed E-state index contributed by atoms with van der Waals surface area (Å²) in [6.07, 6.45) is 5.02. The number of furan rings is 1. The number of nitrogens with zero attached hydrogens (tertiary/aromatic N) is 5. The van der Waals surface area contributed by atoms with Crippen LogP contribution in [0.1, 0.15) is 63.6 Å². The molecule has 9 nitrogen and oxygen atoms in total. The molecule has 0 aliphatic carbocycles. The molecule has 3 aromatic rings. The summed E-state index contributed by atoms with van der Waals surface area (Å²) >= 11 is 0. The van der Waals surface area contributed by atoms with Crippen molar-refractivity contribution in [3.05, 3.63) is 23.6 Å². The van der Waals surface area contributed by atoms with Gasteiger partial charge < -0.3 is 24.5 Å². The van der Waals surface area contributed by atoms with Crippen LogP contribution in [0, 0.1) is 6.92 Å². The van der Waals surface area contributed by atoms with Crippen LogP contribution in [0.3, 0.4) is 0 Å². The Morgan fingerprint density at radius 2 is 1.97 bits per heavy atom. The minimum Gasteiger partial charge on any atom is -0.474 e. The van der Waals surface area contributed by atoms with Gasteiger partial charge in [-0.3, -0.25) is 0 Å². The normalized spacial score (nSPS) is 20.7. The van der Waals surface area contributed by atoms with Gasteiger partial charge in [0, 0.05) is 25.7 Å². The fourth-order valence-electron chi connectivity index (χ4n) is 4.76. The highest BCUT2D eigenvalue weighted by Crippen LogP contribution is 2.34. The highest BCUT2D eigenvalue weighted by Gasteiger charge is 2.28. The van der Waals surface area contributed by atoms with Gasteiger partial charge in [0.15, 0.2) is 17.6 Å². The first-order valence-electron chi connectivity index (χ1n) is 12.1. The molecule has 5 rings (SSSR count). The molecule has 5 heterocycles. The molecule has 0 aromatic carbocycles. The van der Waals surface area contributed by atoms with E-state index in [1.165, 1.54) is 0 Å². The minimum atomic E-state index is -0.129. The Morgan fingerprint density at radius 3 is 2.64 bits per heavy atom. The molecule has 0 radical (unpaired) electrons. The van der Waals surface area contributed by atoms with Gasteiger partial charge >= 0.3 is 0 Å². The zero-order chi connectivity index (χ0) is 22.9. The predicted octanol–water partition coefficient (Wildman–Crippen LogP) is 3.80. The third-order valence-corrected chi connectivity index (χ3v) is 6.69. The second kappa shape index (κ2) is 9.40. The van der Waals surface area contributed by atoms with E-state index in [1.54, 1.807) is 0 Å². The van der Waals surface area contributed by atoms with Crippen LogP contribution in [0.25, 0.3) is 22.6 Å². The summed E-state index contributed by atoms with van der Waals surface area (Å²) in [7, 11) is 0. The molecule has 0 saturated carbocycles. The monoisotopic (exact) mass is 454 g/mol. The van der Waals surface area contributed by atoms with E-state index in [2.05, 4.69) is 18.7 Å². The lowest BCUT2D eigenvalue weighted by Crippen LogP contribution is -2.41. The van der Waals surface area contributed by atoms with E-state index in [0.717, 1.165) is 68.5 Å². The van der Waals surface area contributed by atoms with Crippen molar-refractivity contribution in [2.24, 2.45) is 5.73 Å². The third kappa shape index (κ3) is 4.49. The molecule has 1 unspecified atom stereocenters. The lowest BCUT2D eigenvalue weighted by molar-refractivity contribution is -0.0371. The van der Waals surface area contributed by atoms with Crippen LogP contribution in [-0.2, 0) is 11.3 Å². The number of fused-ring (bicyclic) bond motifs is 1. The van der Waals surface area contributed by atoms with Crippen LogP contribution in [0.15, 0.2) is 16.5 Å². The molecule has 33 heavy (non-hydrogen) atoms. The van der Waals surface area contributed by atoms with Gasteiger partial charge in [-0.05, 0) is 65.0 Å². The molecule has 0 amide bonds. The largest absolute Gasteiger partial charge is 0.474 e. The van der Waals surface area contributed by atoms with Gasteiger partial charge in [0.1, 0.15) is 17.3 Å². The van der Waals surface area contributed by atoms with Gasteiger partial charge in [0.05, 0.1) is 12.2 Å². The highest BCUT2D eigenvalue weighted by atomic mass is 16.5. The Bertz CT molecular complexity index is 1090. The molecule has 2 aliphatic rings. The lowest BCUT2D eigenvalue weighted by Gasteiger charge is -2.34. The van der Waals surface area contributed by atoms with Crippen molar-refractivity contribution in [1.29, 1.82) is 0 Å². The molecule has 2 saturated heterocycles. The van der Waals surface area contributed by atoms with Crippen molar-refractivity contribution < 1.29 is 13.9 Å².